The Bertz CT molecular complexity index is 705. The highest BCUT2D eigenvalue weighted by Gasteiger charge is 2.13. The third-order valence-corrected chi connectivity index (χ3v) is 5.16. The van der Waals surface area contributed by atoms with Gasteiger partial charge in [0.25, 0.3) is 0 Å². The Labute approximate surface area is 138 Å². The molecule has 0 aliphatic heterocycles. The third kappa shape index (κ3) is 3.76. The van der Waals surface area contributed by atoms with Crippen LogP contribution in [0.3, 0.4) is 0 Å². The van der Waals surface area contributed by atoms with E-state index >= 15 is 0 Å². The molecule has 0 spiro atoms. The summed E-state index contributed by atoms with van der Waals surface area (Å²) in [7, 11) is 0. The summed E-state index contributed by atoms with van der Waals surface area (Å²) in [5.74, 6) is 1.01. The maximum Gasteiger partial charge on any atom is 0.0941 e. The number of alkyl halides is 1. The SMILES string of the molecule is ClCC(Cc1cccc(Cl)c1)Cc1nc2ccccc2s1. The number of hydrogen-bond donors (Lipinski definition) is 0. The van der Waals surface area contributed by atoms with Gasteiger partial charge in [-0.15, -0.1) is 22.9 Å². The largest absolute Gasteiger partial charge is 0.241 e. The first-order valence-corrected chi connectivity index (χ1v) is 8.62. The Morgan fingerprint density at radius 3 is 2.67 bits per heavy atom. The molecule has 0 radical (unpaired) electrons. The molecule has 4 heteroatoms. The molecule has 0 bridgehead atoms. The summed E-state index contributed by atoms with van der Waals surface area (Å²) in [4.78, 5) is 4.69. The predicted molar refractivity (Wildman–Crippen MR) is 92.7 cm³/mol. The molecule has 0 fully saturated rings. The lowest BCUT2D eigenvalue weighted by Crippen LogP contribution is -2.10. The third-order valence-electron chi connectivity index (χ3n) is 3.43. The number of fused-ring (bicyclic) bond motifs is 1. The van der Waals surface area contributed by atoms with Crippen molar-refractivity contribution in [1.29, 1.82) is 0 Å². The van der Waals surface area contributed by atoms with Crippen molar-refractivity contribution in [3.05, 3.63) is 64.1 Å². The molecule has 1 nitrogen and oxygen atoms in total. The molecule has 0 aliphatic rings. The van der Waals surface area contributed by atoms with E-state index in [4.69, 9.17) is 28.2 Å². The van der Waals surface area contributed by atoms with Gasteiger partial charge in [-0.1, -0.05) is 35.9 Å². The van der Waals surface area contributed by atoms with Gasteiger partial charge in [0, 0.05) is 17.3 Å². The average Bonchev–Trinajstić information content (AvgIpc) is 2.89. The molecule has 0 saturated heterocycles. The van der Waals surface area contributed by atoms with Gasteiger partial charge in [-0.25, -0.2) is 4.98 Å². The highest BCUT2D eigenvalue weighted by atomic mass is 35.5. The second kappa shape index (κ2) is 6.78. The van der Waals surface area contributed by atoms with Crippen molar-refractivity contribution >= 4 is 44.8 Å². The zero-order chi connectivity index (χ0) is 14.7. The fraction of sp³-hybridized carbons (Fsp3) is 0.235. The van der Waals surface area contributed by atoms with E-state index in [2.05, 4.69) is 24.3 Å². The standard InChI is InChI=1S/C17H15Cl2NS/c18-11-13(8-12-4-3-5-14(19)9-12)10-17-20-15-6-1-2-7-16(15)21-17/h1-7,9,13H,8,10-11H2. The molecule has 21 heavy (non-hydrogen) atoms. The van der Waals surface area contributed by atoms with Crippen LogP contribution < -0.4 is 0 Å². The van der Waals surface area contributed by atoms with E-state index in [1.165, 1.54) is 10.3 Å². The lowest BCUT2D eigenvalue weighted by molar-refractivity contribution is 0.583. The number of aromatic nitrogens is 1. The Kier molecular flexibility index (Phi) is 4.79. The number of nitrogens with zero attached hydrogens (tertiary/aromatic N) is 1. The number of rotatable bonds is 5. The smallest absolute Gasteiger partial charge is 0.0941 e. The topological polar surface area (TPSA) is 12.9 Å². The van der Waals surface area contributed by atoms with Crippen LogP contribution in [-0.2, 0) is 12.8 Å². The molecular weight excluding hydrogens is 321 g/mol. The second-order valence-corrected chi connectivity index (χ2v) is 6.99. The number of para-hydroxylation sites is 1. The van der Waals surface area contributed by atoms with Crippen molar-refractivity contribution in [3.8, 4) is 0 Å². The van der Waals surface area contributed by atoms with Crippen LogP contribution >= 0.6 is 34.5 Å². The highest BCUT2D eigenvalue weighted by Crippen LogP contribution is 2.25. The van der Waals surface area contributed by atoms with Crippen molar-refractivity contribution in [3.63, 3.8) is 0 Å². The molecule has 0 N–H and O–H groups in total. The number of hydrogen-bond acceptors (Lipinski definition) is 2. The zero-order valence-corrected chi connectivity index (χ0v) is 13.8. The first-order chi connectivity index (χ1) is 10.2. The van der Waals surface area contributed by atoms with Crippen molar-refractivity contribution in [2.45, 2.75) is 12.8 Å². The van der Waals surface area contributed by atoms with Crippen molar-refractivity contribution in [2.24, 2.45) is 5.92 Å². The molecule has 0 saturated carbocycles. The Morgan fingerprint density at radius 2 is 1.90 bits per heavy atom. The van der Waals surface area contributed by atoms with Gasteiger partial charge >= 0.3 is 0 Å². The van der Waals surface area contributed by atoms with Crippen molar-refractivity contribution < 1.29 is 0 Å². The highest BCUT2D eigenvalue weighted by molar-refractivity contribution is 7.18. The summed E-state index contributed by atoms with van der Waals surface area (Å²) in [5, 5.41) is 1.93. The molecule has 0 amide bonds. The Morgan fingerprint density at radius 1 is 1.05 bits per heavy atom. The predicted octanol–water partition coefficient (Wildman–Crippen LogP) is 5.59. The van der Waals surface area contributed by atoms with E-state index in [0.29, 0.717) is 11.8 Å². The maximum absolute atomic E-state index is 6.15. The summed E-state index contributed by atoms with van der Waals surface area (Å²) in [6, 6.07) is 16.2. The molecular formula is C17H15Cl2NS. The molecule has 108 valence electrons. The summed E-state index contributed by atoms with van der Waals surface area (Å²) in [6.07, 6.45) is 1.84. The van der Waals surface area contributed by atoms with E-state index in [9.17, 15) is 0 Å². The van der Waals surface area contributed by atoms with Crippen LogP contribution in [0.5, 0.6) is 0 Å². The normalized spacial score (nSPS) is 12.7. The lowest BCUT2D eigenvalue weighted by Gasteiger charge is -2.12. The second-order valence-electron chi connectivity index (χ2n) is 5.13. The molecule has 1 aromatic heterocycles. The van der Waals surface area contributed by atoms with Crippen LogP contribution in [0, 0.1) is 5.92 Å². The van der Waals surface area contributed by atoms with Gasteiger partial charge in [0.15, 0.2) is 0 Å². The van der Waals surface area contributed by atoms with Crippen molar-refractivity contribution in [2.75, 3.05) is 5.88 Å². The maximum atomic E-state index is 6.15. The summed E-state index contributed by atoms with van der Waals surface area (Å²) in [6.45, 7) is 0. The van der Waals surface area contributed by atoms with Crippen LogP contribution in [-0.4, -0.2) is 10.9 Å². The molecule has 3 rings (SSSR count). The monoisotopic (exact) mass is 335 g/mol. The van der Waals surface area contributed by atoms with Gasteiger partial charge in [0.1, 0.15) is 0 Å². The van der Waals surface area contributed by atoms with Crippen LogP contribution in [0.1, 0.15) is 10.6 Å². The molecule has 1 unspecified atom stereocenters. The van der Waals surface area contributed by atoms with Crippen LogP contribution in [0.15, 0.2) is 48.5 Å². The fourth-order valence-corrected chi connectivity index (χ4v) is 3.95. The summed E-state index contributed by atoms with van der Waals surface area (Å²) < 4.78 is 1.24. The minimum absolute atomic E-state index is 0.380. The lowest BCUT2D eigenvalue weighted by atomic mass is 9.98. The Hall–Kier alpha value is -1.09. The number of halogens is 2. The van der Waals surface area contributed by atoms with Gasteiger partial charge in [0.05, 0.1) is 15.2 Å². The van der Waals surface area contributed by atoms with E-state index in [-0.39, 0.29) is 0 Å². The first-order valence-electron chi connectivity index (χ1n) is 6.89. The summed E-state index contributed by atoms with van der Waals surface area (Å²) in [5.41, 5.74) is 2.31. The summed E-state index contributed by atoms with van der Waals surface area (Å²) >= 11 is 14.0. The first kappa shape index (κ1) is 14.8. The minimum Gasteiger partial charge on any atom is -0.241 e. The average molecular weight is 336 g/mol. The van der Waals surface area contributed by atoms with Gasteiger partial charge in [0.2, 0.25) is 0 Å². The van der Waals surface area contributed by atoms with Gasteiger partial charge < -0.3 is 0 Å². The van der Waals surface area contributed by atoms with Crippen LogP contribution in [0.4, 0.5) is 0 Å². The molecule has 1 heterocycles. The van der Waals surface area contributed by atoms with E-state index < -0.39 is 0 Å². The molecule has 2 aromatic carbocycles. The number of thiazole rings is 1. The molecule has 3 aromatic rings. The molecule has 0 aliphatic carbocycles. The van der Waals surface area contributed by atoms with Crippen LogP contribution in [0.25, 0.3) is 10.2 Å². The molecule has 1 atom stereocenters. The van der Waals surface area contributed by atoms with Gasteiger partial charge in [-0.05, 0) is 42.2 Å². The quantitative estimate of drug-likeness (QED) is 0.554. The van der Waals surface area contributed by atoms with E-state index in [1.807, 2.05) is 24.3 Å². The minimum atomic E-state index is 0.380. The van der Waals surface area contributed by atoms with Gasteiger partial charge in [-0.3, -0.25) is 0 Å². The Balaban J connectivity index is 1.74. The number of benzene rings is 2. The van der Waals surface area contributed by atoms with Crippen LogP contribution in [0.2, 0.25) is 5.02 Å². The van der Waals surface area contributed by atoms with E-state index in [0.717, 1.165) is 28.4 Å². The van der Waals surface area contributed by atoms with Gasteiger partial charge in [-0.2, -0.15) is 0 Å². The van der Waals surface area contributed by atoms with E-state index in [1.54, 1.807) is 11.3 Å². The fourth-order valence-electron chi connectivity index (χ4n) is 2.43. The zero-order valence-electron chi connectivity index (χ0n) is 11.4. The van der Waals surface area contributed by atoms with Crippen molar-refractivity contribution in [1.82, 2.24) is 4.98 Å².